The van der Waals surface area contributed by atoms with E-state index in [0.29, 0.717) is 6.54 Å². The molecular formula is C21H27N3O3S. The third-order valence-corrected chi connectivity index (χ3v) is 5.64. The Kier molecular flexibility index (Phi) is 6.83. The second-order valence-electron chi connectivity index (χ2n) is 7.23. The van der Waals surface area contributed by atoms with E-state index in [4.69, 9.17) is 0 Å². The lowest BCUT2D eigenvalue weighted by Crippen LogP contribution is -2.49. The number of benzene rings is 2. The van der Waals surface area contributed by atoms with E-state index in [0.717, 1.165) is 48.9 Å². The monoisotopic (exact) mass is 401 g/mol. The number of anilines is 1. The molecule has 0 aromatic heterocycles. The summed E-state index contributed by atoms with van der Waals surface area (Å²) in [6, 6.07) is 17.9. The highest BCUT2D eigenvalue weighted by atomic mass is 32.2. The highest BCUT2D eigenvalue weighted by molar-refractivity contribution is 7.88. The number of amides is 1. The lowest BCUT2D eigenvalue weighted by Gasteiger charge is -2.35. The van der Waals surface area contributed by atoms with Crippen molar-refractivity contribution in [2.24, 2.45) is 0 Å². The van der Waals surface area contributed by atoms with Crippen LogP contribution in [0.2, 0.25) is 0 Å². The summed E-state index contributed by atoms with van der Waals surface area (Å²) >= 11 is 0. The van der Waals surface area contributed by atoms with E-state index in [-0.39, 0.29) is 18.5 Å². The summed E-state index contributed by atoms with van der Waals surface area (Å²) < 4.78 is 25.3. The molecule has 1 heterocycles. The molecule has 28 heavy (non-hydrogen) atoms. The maximum atomic E-state index is 12.5. The first-order valence-corrected chi connectivity index (χ1v) is 11.4. The van der Waals surface area contributed by atoms with Crippen molar-refractivity contribution in [1.29, 1.82) is 0 Å². The van der Waals surface area contributed by atoms with Crippen LogP contribution >= 0.6 is 0 Å². The SMILES string of the molecule is CS(=O)(=O)NC[C@@H]1CCCCN1CC(=O)Nc1ccc(-c2ccccc2)cc1. The third-order valence-electron chi connectivity index (χ3n) is 4.95. The summed E-state index contributed by atoms with van der Waals surface area (Å²) in [6.07, 6.45) is 4.12. The Bertz CT molecular complexity index is 883. The summed E-state index contributed by atoms with van der Waals surface area (Å²) in [5.74, 6) is -0.0845. The molecule has 150 valence electrons. The number of nitrogens with zero attached hydrogens (tertiary/aromatic N) is 1. The lowest BCUT2D eigenvalue weighted by molar-refractivity contribution is -0.118. The zero-order valence-corrected chi connectivity index (χ0v) is 16.9. The van der Waals surface area contributed by atoms with Gasteiger partial charge in [-0.25, -0.2) is 13.1 Å². The molecule has 0 radical (unpaired) electrons. The zero-order chi connectivity index (χ0) is 20.0. The van der Waals surface area contributed by atoms with Crippen LogP contribution in [-0.4, -0.2) is 51.2 Å². The van der Waals surface area contributed by atoms with Crippen molar-refractivity contribution < 1.29 is 13.2 Å². The fourth-order valence-corrected chi connectivity index (χ4v) is 4.00. The molecule has 1 aliphatic rings. The molecule has 3 rings (SSSR count). The first-order valence-electron chi connectivity index (χ1n) is 9.55. The lowest BCUT2D eigenvalue weighted by atomic mass is 10.0. The number of carbonyl (C=O) groups excluding carboxylic acids is 1. The van der Waals surface area contributed by atoms with Crippen LogP contribution in [-0.2, 0) is 14.8 Å². The van der Waals surface area contributed by atoms with E-state index in [2.05, 4.69) is 27.1 Å². The van der Waals surface area contributed by atoms with Gasteiger partial charge >= 0.3 is 0 Å². The topological polar surface area (TPSA) is 78.5 Å². The minimum atomic E-state index is -3.23. The predicted octanol–water partition coefficient (Wildman–Crippen LogP) is 2.70. The van der Waals surface area contributed by atoms with E-state index < -0.39 is 10.0 Å². The maximum Gasteiger partial charge on any atom is 0.238 e. The van der Waals surface area contributed by atoms with Crippen LogP contribution in [0.1, 0.15) is 19.3 Å². The van der Waals surface area contributed by atoms with Crippen molar-refractivity contribution in [2.75, 3.05) is 31.2 Å². The molecule has 2 aromatic rings. The van der Waals surface area contributed by atoms with E-state index in [1.165, 1.54) is 0 Å². The summed E-state index contributed by atoms with van der Waals surface area (Å²) in [5, 5.41) is 2.94. The van der Waals surface area contributed by atoms with Crippen LogP contribution in [0.15, 0.2) is 54.6 Å². The van der Waals surface area contributed by atoms with Crippen LogP contribution in [0, 0.1) is 0 Å². The van der Waals surface area contributed by atoms with E-state index in [9.17, 15) is 13.2 Å². The average molecular weight is 402 g/mol. The second-order valence-corrected chi connectivity index (χ2v) is 9.07. The van der Waals surface area contributed by atoms with Gasteiger partial charge < -0.3 is 5.32 Å². The molecule has 7 heteroatoms. The molecule has 1 atom stereocenters. The van der Waals surface area contributed by atoms with Crippen molar-refractivity contribution >= 4 is 21.6 Å². The van der Waals surface area contributed by atoms with Crippen molar-refractivity contribution in [1.82, 2.24) is 9.62 Å². The van der Waals surface area contributed by atoms with Crippen LogP contribution < -0.4 is 10.0 Å². The van der Waals surface area contributed by atoms with Gasteiger partial charge in [0.05, 0.1) is 12.8 Å². The molecule has 0 spiro atoms. The number of rotatable bonds is 7. The number of likely N-dealkylation sites (tertiary alicyclic amines) is 1. The molecule has 1 fully saturated rings. The molecule has 0 saturated carbocycles. The molecule has 0 unspecified atom stereocenters. The summed E-state index contributed by atoms with van der Waals surface area (Å²) in [7, 11) is -3.23. The number of nitrogens with one attached hydrogen (secondary N) is 2. The smallest absolute Gasteiger partial charge is 0.238 e. The quantitative estimate of drug-likeness (QED) is 0.748. The summed E-state index contributed by atoms with van der Waals surface area (Å²) in [6.45, 7) is 1.41. The van der Waals surface area contributed by atoms with Gasteiger partial charge in [-0.1, -0.05) is 48.9 Å². The minimum absolute atomic E-state index is 0.0506. The molecule has 0 bridgehead atoms. The molecule has 1 amide bonds. The van der Waals surface area contributed by atoms with Gasteiger partial charge in [0.1, 0.15) is 0 Å². The number of piperidine rings is 1. The molecule has 1 aliphatic heterocycles. The minimum Gasteiger partial charge on any atom is -0.325 e. The largest absolute Gasteiger partial charge is 0.325 e. The predicted molar refractivity (Wildman–Crippen MR) is 113 cm³/mol. The maximum absolute atomic E-state index is 12.5. The summed E-state index contributed by atoms with van der Waals surface area (Å²) in [5.41, 5.74) is 2.99. The Morgan fingerprint density at radius 2 is 1.71 bits per heavy atom. The normalized spacial score (nSPS) is 18.0. The average Bonchev–Trinajstić information content (AvgIpc) is 2.68. The van der Waals surface area contributed by atoms with Gasteiger partial charge in [-0.2, -0.15) is 0 Å². The summed E-state index contributed by atoms with van der Waals surface area (Å²) in [4.78, 5) is 14.6. The Balaban J connectivity index is 1.56. The Hall–Kier alpha value is -2.22. The standard InChI is InChI=1S/C21H27N3O3S/c1-28(26,27)22-15-20-9-5-6-14-24(20)16-21(25)23-19-12-10-18(11-13-19)17-7-3-2-4-8-17/h2-4,7-8,10-13,20,22H,5-6,9,14-16H2,1H3,(H,23,25)/t20-/m0/s1. The Labute approximate surface area is 167 Å². The first-order chi connectivity index (χ1) is 13.4. The Morgan fingerprint density at radius 1 is 1.04 bits per heavy atom. The van der Waals surface area contributed by atoms with Crippen LogP contribution in [0.5, 0.6) is 0 Å². The van der Waals surface area contributed by atoms with Gasteiger partial charge in [-0.3, -0.25) is 9.69 Å². The van der Waals surface area contributed by atoms with Gasteiger partial charge in [0, 0.05) is 18.3 Å². The number of sulfonamides is 1. The molecule has 2 aromatic carbocycles. The fourth-order valence-electron chi connectivity index (χ4n) is 3.51. The van der Waals surface area contributed by atoms with Gasteiger partial charge in [0.25, 0.3) is 0 Å². The second kappa shape index (κ2) is 9.32. The molecular weight excluding hydrogens is 374 g/mol. The van der Waals surface area contributed by atoms with Crippen molar-refractivity contribution in [3.63, 3.8) is 0 Å². The van der Waals surface area contributed by atoms with Crippen molar-refractivity contribution in [3.8, 4) is 11.1 Å². The number of hydrogen-bond donors (Lipinski definition) is 2. The molecule has 0 aliphatic carbocycles. The van der Waals surface area contributed by atoms with Gasteiger partial charge in [-0.15, -0.1) is 0 Å². The fraction of sp³-hybridized carbons (Fsp3) is 0.381. The Morgan fingerprint density at radius 3 is 2.39 bits per heavy atom. The molecule has 1 saturated heterocycles. The van der Waals surface area contributed by atoms with Gasteiger partial charge in [0.15, 0.2) is 0 Å². The van der Waals surface area contributed by atoms with Crippen molar-refractivity contribution in [3.05, 3.63) is 54.6 Å². The van der Waals surface area contributed by atoms with Crippen LogP contribution in [0.3, 0.4) is 0 Å². The van der Waals surface area contributed by atoms with Crippen LogP contribution in [0.25, 0.3) is 11.1 Å². The van der Waals surface area contributed by atoms with Crippen molar-refractivity contribution in [2.45, 2.75) is 25.3 Å². The molecule has 6 nitrogen and oxygen atoms in total. The van der Waals surface area contributed by atoms with Gasteiger partial charge in [0.2, 0.25) is 15.9 Å². The van der Waals surface area contributed by atoms with Crippen LogP contribution in [0.4, 0.5) is 5.69 Å². The van der Waals surface area contributed by atoms with E-state index in [1.54, 1.807) is 0 Å². The number of hydrogen-bond acceptors (Lipinski definition) is 4. The number of carbonyl (C=O) groups is 1. The van der Waals surface area contributed by atoms with Gasteiger partial charge in [-0.05, 0) is 42.6 Å². The molecule has 2 N–H and O–H groups in total. The first kappa shape index (κ1) is 20.5. The zero-order valence-electron chi connectivity index (χ0n) is 16.1. The van der Waals surface area contributed by atoms with E-state index >= 15 is 0 Å². The highest BCUT2D eigenvalue weighted by Gasteiger charge is 2.25. The van der Waals surface area contributed by atoms with E-state index in [1.807, 2.05) is 42.5 Å². The third kappa shape index (κ3) is 6.15. The highest BCUT2D eigenvalue weighted by Crippen LogP contribution is 2.21.